The Morgan fingerprint density at radius 2 is 2.13 bits per heavy atom. The van der Waals surface area contributed by atoms with Crippen molar-refractivity contribution in [3.05, 3.63) is 30.1 Å². The SMILES string of the molecule is Cc1nc(NC(=O)c2cncnc2)n[nH]1. The van der Waals surface area contributed by atoms with Gasteiger partial charge in [-0.3, -0.25) is 15.2 Å². The molecule has 7 heteroatoms. The molecule has 1 amide bonds. The third-order valence-electron chi connectivity index (χ3n) is 1.65. The lowest BCUT2D eigenvalue weighted by Crippen LogP contribution is -2.13. The van der Waals surface area contributed by atoms with Crippen LogP contribution in [0.25, 0.3) is 0 Å². The average Bonchev–Trinajstić information content (AvgIpc) is 2.65. The lowest BCUT2D eigenvalue weighted by atomic mass is 10.3. The average molecular weight is 204 g/mol. The smallest absolute Gasteiger partial charge is 0.261 e. The molecule has 0 aliphatic rings. The molecule has 76 valence electrons. The van der Waals surface area contributed by atoms with Gasteiger partial charge in [0, 0.05) is 12.4 Å². The minimum Gasteiger partial charge on any atom is -0.289 e. The Morgan fingerprint density at radius 3 is 2.73 bits per heavy atom. The summed E-state index contributed by atoms with van der Waals surface area (Å²) in [6.07, 6.45) is 4.19. The lowest BCUT2D eigenvalue weighted by molar-refractivity contribution is 0.102. The molecule has 0 atom stereocenters. The zero-order valence-corrected chi connectivity index (χ0v) is 7.93. The molecule has 0 unspecified atom stereocenters. The number of amides is 1. The quantitative estimate of drug-likeness (QED) is 0.726. The zero-order valence-electron chi connectivity index (χ0n) is 7.93. The number of aromatic nitrogens is 5. The van der Waals surface area contributed by atoms with E-state index in [0.29, 0.717) is 11.4 Å². The van der Waals surface area contributed by atoms with Crippen LogP contribution in [-0.4, -0.2) is 31.1 Å². The van der Waals surface area contributed by atoms with Crippen LogP contribution in [0.4, 0.5) is 5.95 Å². The molecule has 0 saturated carbocycles. The van der Waals surface area contributed by atoms with Crippen molar-refractivity contribution in [3.8, 4) is 0 Å². The first kappa shape index (κ1) is 9.25. The monoisotopic (exact) mass is 204 g/mol. The van der Waals surface area contributed by atoms with Crippen LogP contribution in [0, 0.1) is 6.92 Å². The molecule has 15 heavy (non-hydrogen) atoms. The predicted octanol–water partition coefficient (Wildman–Crippen LogP) is 0.155. The van der Waals surface area contributed by atoms with Crippen molar-refractivity contribution >= 4 is 11.9 Å². The predicted molar refractivity (Wildman–Crippen MR) is 51.1 cm³/mol. The van der Waals surface area contributed by atoms with E-state index >= 15 is 0 Å². The van der Waals surface area contributed by atoms with Gasteiger partial charge in [0.2, 0.25) is 5.95 Å². The van der Waals surface area contributed by atoms with Crippen molar-refractivity contribution in [1.82, 2.24) is 25.1 Å². The minimum absolute atomic E-state index is 0.237. The molecular formula is C8H8N6O. The highest BCUT2D eigenvalue weighted by molar-refractivity contribution is 6.02. The molecule has 0 saturated heterocycles. The number of nitrogens with zero attached hydrogens (tertiary/aromatic N) is 4. The summed E-state index contributed by atoms with van der Waals surface area (Å²) in [4.78, 5) is 22.9. The second kappa shape index (κ2) is 3.82. The van der Waals surface area contributed by atoms with Crippen molar-refractivity contribution < 1.29 is 4.79 Å². The van der Waals surface area contributed by atoms with E-state index in [1.165, 1.54) is 18.7 Å². The normalized spacial score (nSPS) is 9.93. The van der Waals surface area contributed by atoms with Crippen LogP contribution in [0.3, 0.4) is 0 Å². The molecule has 0 radical (unpaired) electrons. The first-order chi connectivity index (χ1) is 7.25. The Bertz CT molecular complexity index is 465. The summed E-state index contributed by atoms with van der Waals surface area (Å²) < 4.78 is 0. The fourth-order valence-corrected chi connectivity index (χ4v) is 0.989. The minimum atomic E-state index is -0.338. The van der Waals surface area contributed by atoms with Crippen molar-refractivity contribution in [2.45, 2.75) is 6.92 Å². The van der Waals surface area contributed by atoms with Crippen LogP contribution in [0.15, 0.2) is 18.7 Å². The van der Waals surface area contributed by atoms with E-state index in [-0.39, 0.29) is 11.9 Å². The first-order valence-electron chi connectivity index (χ1n) is 4.21. The van der Waals surface area contributed by atoms with E-state index in [1.807, 2.05) is 0 Å². The number of rotatable bonds is 2. The van der Waals surface area contributed by atoms with E-state index in [4.69, 9.17) is 0 Å². The second-order valence-corrected chi connectivity index (χ2v) is 2.83. The first-order valence-corrected chi connectivity index (χ1v) is 4.21. The summed E-state index contributed by atoms with van der Waals surface area (Å²) >= 11 is 0. The van der Waals surface area contributed by atoms with Gasteiger partial charge in [-0.2, -0.15) is 4.98 Å². The van der Waals surface area contributed by atoms with Crippen molar-refractivity contribution in [2.75, 3.05) is 5.32 Å². The van der Waals surface area contributed by atoms with E-state index in [2.05, 4.69) is 30.5 Å². The highest BCUT2D eigenvalue weighted by Crippen LogP contribution is 2.01. The number of hydrogen-bond acceptors (Lipinski definition) is 5. The topological polar surface area (TPSA) is 96.5 Å². The van der Waals surface area contributed by atoms with Gasteiger partial charge in [-0.15, -0.1) is 5.10 Å². The summed E-state index contributed by atoms with van der Waals surface area (Å²) in [5.74, 6) is 0.533. The van der Waals surface area contributed by atoms with Gasteiger partial charge in [0.1, 0.15) is 12.2 Å². The van der Waals surface area contributed by atoms with Crippen LogP contribution in [0.1, 0.15) is 16.2 Å². The fraction of sp³-hybridized carbons (Fsp3) is 0.125. The van der Waals surface area contributed by atoms with E-state index in [0.717, 1.165) is 0 Å². The van der Waals surface area contributed by atoms with Gasteiger partial charge in [0.15, 0.2) is 0 Å². The lowest BCUT2D eigenvalue weighted by Gasteiger charge is -1.98. The number of aryl methyl sites for hydroxylation is 1. The Hall–Kier alpha value is -2.31. The molecule has 2 aromatic rings. The standard InChI is InChI=1S/C8H8N6O/c1-5-11-8(14-13-5)12-7(15)6-2-9-4-10-3-6/h2-4H,1H3,(H2,11,12,13,14,15). The van der Waals surface area contributed by atoms with Gasteiger partial charge in [0.25, 0.3) is 5.91 Å². The van der Waals surface area contributed by atoms with Crippen LogP contribution < -0.4 is 5.32 Å². The molecular weight excluding hydrogens is 196 g/mol. The fourth-order valence-electron chi connectivity index (χ4n) is 0.989. The van der Waals surface area contributed by atoms with Crippen molar-refractivity contribution in [2.24, 2.45) is 0 Å². The van der Waals surface area contributed by atoms with Crippen LogP contribution in [0.2, 0.25) is 0 Å². The molecule has 2 heterocycles. The number of carbonyl (C=O) groups excluding carboxylic acids is 1. The van der Waals surface area contributed by atoms with Gasteiger partial charge >= 0.3 is 0 Å². The van der Waals surface area contributed by atoms with Gasteiger partial charge in [0.05, 0.1) is 5.56 Å². The maximum Gasteiger partial charge on any atom is 0.261 e. The molecule has 0 aliphatic heterocycles. The largest absolute Gasteiger partial charge is 0.289 e. The third-order valence-corrected chi connectivity index (χ3v) is 1.65. The number of nitrogens with one attached hydrogen (secondary N) is 2. The van der Waals surface area contributed by atoms with E-state index in [1.54, 1.807) is 6.92 Å². The number of H-pyrrole nitrogens is 1. The van der Waals surface area contributed by atoms with E-state index in [9.17, 15) is 4.79 Å². The van der Waals surface area contributed by atoms with Crippen LogP contribution in [-0.2, 0) is 0 Å². The van der Waals surface area contributed by atoms with Gasteiger partial charge in [-0.05, 0) is 6.92 Å². The Balaban J connectivity index is 2.11. The van der Waals surface area contributed by atoms with E-state index < -0.39 is 0 Å². The van der Waals surface area contributed by atoms with Crippen LogP contribution in [0.5, 0.6) is 0 Å². The molecule has 2 rings (SSSR count). The van der Waals surface area contributed by atoms with Crippen molar-refractivity contribution in [1.29, 1.82) is 0 Å². The Labute approximate surface area is 85.0 Å². The maximum absolute atomic E-state index is 11.5. The second-order valence-electron chi connectivity index (χ2n) is 2.83. The van der Waals surface area contributed by atoms with Crippen molar-refractivity contribution in [3.63, 3.8) is 0 Å². The number of carbonyl (C=O) groups is 1. The molecule has 0 fully saturated rings. The summed E-state index contributed by atoms with van der Waals surface area (Å²) in [6.45, 7) is 1.74. The maximum atomic E-state index is 11.5. The summed E-state index contributed by atoms with van der Waals surface area (Å²) in [7, 11) is 0. The summed E-state index contributed by atoms with van der Waals surface area (Å²) in [5, 5.41) is 8.90. The van der Waals surface area contributed by atoms with Crippen LogP contribution >= 0.6 is 0 Å². The Morgan fingerprint density at radius 1 is 1.40 bits per heavy atom. The third kappa shape index (κ3) is 2.13. The Kier molecular flexibility index (Phi) is 2.36. The molecule has 2 N–H and O–H groups in total. The molecule has 0 aromatic carbocycles. The molecule has 2 aromatic heterocycles. The molecule has 0 spiro atoms. The highest BCUT2D eigenvalue weighted by Gasteiger charge is 2.08. The van der Waals surface area contributed by atoms with Gasteiger partial charge in [-0.25, -0.2) is 9.97 Å². The zero-order chi connectivity index (χ0) is 10.7. The molecule has 0 bridgehead atoms. The summed E-state index contributed by atoms with van der Waals surface area (Å²) in [6, 6.07) is 0. The summed E-state index contributed by atoms with van der Waals surface area (Å²) in [5.41, 5.74) is 0.361. The number of aromatic amines is 1. The number of hydrogen-bond donors (Lipinski definition) is 2. The molecule has 7 nitrogen and oxygen atoms in total. The van der Waals surface area contributed by atoms with Gasteiger partial charge < -0.3 is 0 Å². The molecule has 0 aliphatic carbocycles. The van der Waals surface area contributed by atoms with Gasteiger partial charge in [-0.1, -0.05) is 0 Å². The highest BCUT2D eigenvalue weighted by atomic mass is 16.1. The number of anilines is 1.